The molecular formula is C24H24N6O3S. The number of nitrogens with zero attached hydrogens (tertiary/aromatic N) is 5. The molecule has 4 aromatic rings. The molecule has 9 nitrogen and oxygen atoms in total. The predicted octanol–water partition coefficient (Wildman–Crippen LogP) is 3.86. The Balaban J connectivity index is 1.23. The number of fused-ring (bicyclic) bond motifs is 1. The fourth-order valence-electron chi connectivity index (χ4n) is 3.83. The van der Waals surface area contributed by atoms with Crippen molar-refractivity contribution in [2.45, 2.75) is 25.1 Å². The van der Waals surface area contributed by atoms with Crippen LogP contribution in [0.4, 0.5) is 5.69 Å². The van der Waals surface area contributed by atoms with Crippen LogP contribution in [0.25, 0.3) is 5.69 Å². The zero-order chi connectivity index (χ0) is 23.7. The molecule has 1 unspecified atom stereocenters. The number of amides is 1. The van der Waals surface area contributed by atoms with Gasteiger partial charge in [0.1, 0.15) is 6.61 Å². The van der Waals surface area contributed by atoms with Crippen molar-refractivity contribution in [3.8, 4) is 17.2 Å². The number of benzene rings is 2. The van der Waals surface area contributed by atoms with Gasteiger partial charge in [0.25, 0.3) is 0 Å². The standard InChI is InChI=1S/C24H24N6O3S/c1-15-22(16(2)30(28-15)17-9-5-4-6-10-17)25-21(31)14-34-24-27-26-23(29(24)3)20-13-32-18-11-7-8-12-19(18)33-20/h4-12,20H,13-14H2,1-3H3,(H,25,31). The second-order valence-electron chi connectivity index (χ2n) is 7.89. The highest BCUT2D eigenvalue weighted by Crippen LogP contribution is 2.35. The van der Waals surface area contributed by atoms with Crippen LogP contribution in [-0.4, -0.2) is 42.8 Å². The summed E-state index contributed by atoms with van der Waals surface area (Å²) in [6.45, 7) is 4.17. The van der Waals surface area contributed by atoms with E-state index in [1.165, 1.54) is 11.8 Å². The van der Waals surface area contributed by atoms with Gasteiger partial charge in [-0.05, 0) is 38.1 Å². The van der Waals surface area contributed by atoms with E-state index < -0.39 is 0 Å². The molecule has 5 rings (SSSR count). The van der Waals surface area contributed by atoms with Gasteiger partial charge in [-0.1, -0.05) is 42.1 Å². The number of nitrogens with one attached hydrogen (secondary N) is 1. The fraction of sp³-hybridized carbons (Fsp3) is 0.250. The molecule has 174 valence electrons. The summed E-state index contributed by atoms with van der Waals surface area (Å²) in [5, 5.41) is 16.7. The van der Waals surface area contributed by atoms with Gasteiger partial charge in [0.15, 0.2) is 28.6 Å². The lowest BCUT2D eigenvalue weighted by atomic mass is 10.2. The normalized spacial score (nSPS) is 14.7. The maximum atomic E-state index is 12.7. The molecule has 10 heteroatoms. The van der Waals surface area contributed by atoms with E-state index in [9.17, 15) is 4.79 Å². The highest BCUT2D eigenvalue weighted by molar-refractivity contribution is 7.99. The molecule has 0 aliphatic carbocycles. The number of thioether (sulfide) groups is 1. The van der Waals surface area contributed by atoms with Crippen LogP contribution in [0.15, 0.2) is 59.8 Å². The summed E-state index contributed by atoms with van der Waals surface area (Å²) in [4.78, 5) is 12.7. The van der Waals surface area contributed by atoms with Gasteiger partial charge in [0.05, 0.1) is 28.5 Å². The van der Waals surface area contributed by atoms with Crippen molar-refractivity contribution >= 4 is 23.4 Å². The van der Waals surface area contributed by atoms with Crippen LogP contribution in [0.3, 0.4) is 0 Å². The molecule has 0 saturated heterocycles. The van der Waals surface area contributed by atoms with Crippen molar-refractivity contribution in [3.63, 3.8) is 0 Å². The Labute approximate surface area is 201 Å². The van der Waals surface area contributed by atoms with Crippen LogP contribution >= 0.6 is 11.8 Å². The van der Waals surface area contributed by atoms with Gasteiger partial charge in [-0.2, -0.15) is 5.10 Å². The predicted molar refractivity (Wildman–Crippen MR) is 129 cm³/mol. The Morgan fingerprint density at radius 2 is 1.82 bits per heavy atom. The third-order valence-electron chi connectivity index (χ3n) is 5.55. The summed E-state index contributed by atoms with van der Waals surface area (Å²) in [6, 6.07) is 17.4. The van der Waals surface area contributed by atoms with Crippen LogP contribution in [0, 0.1) is 13.8 Å². The summed E-state index contributed by atoms with van der Waals surface area (Å²) in [5.41, 5.74) is 3.30. The lowest BCUT2D eigenvalue weighted by Crippen LogP contribution is -2.24. The number of para-hydroxylation sites is 3. The number of aromatic nitrogens is 5. The molecule has 34 heavy (non-hydrogen) atoms. The maximum absolute atomic E-state index is 12.7. The molecule has 2 aromatic heterocycles. The zero-order valence-corrected chi connectivity index (χ0v) is 19.9. The zero-order valence-electron chi connectivity index (χ0n) is 19.1. The Kier molecular flexibility index (Phi) is 5.97. The topological polar surface area (TPSA) is 96.1 Å². The van der Waals surface area contributed by atoms with Crippen molar-refractivity contribution < 1.29 is 14.3 Å². The number of aryl methyl sites for hydroxylation is 1. The van der Waals surface area contributed by atoms with Crippen molar-refractivity contribution in [2.75, 3.05) is 17.7 Å². The van der Waals surface area contributed by atoms with Gasteiger partial charge in [-0.3, -0.25) is 4.79 Å². The van der Waals surface area contributed by atoms with E-state index in [1.54, 1.807) is 0 Å². The number of carbonyl (C=O) groups is 1. The quantitative estimate of drug-likeness (QED) is 0.422. The Morgan fingerprint density at radius 3 is 2.62 bits per heavy atom. The lowest BCUT2D eigenvalue weighted by Gasteiger charge is -2.25. The lowest BCUT2D eigenvalue weighted by molar-refractivity contribution is -0.113. The van der Waals surface area contributed by atoms with Crippen molar-refractivity contribution in [1.82, 2.24) is 24.5 Å². The fourth-order valence-corrected chi connectivity index (χ4v) is 4.55. The maximum Gasteiger partial charge on any atom is 0.234 e. The van der Waals surface area contributed by atoms with Crippen molar-refractivity contribution in [1.29, 1.82) is 0 Å². The van der Waals surface area contributed by atoms with Crippen molar-refractivity contribution in [2.24, 2.45) is 7.05 Å². The van der Waals surface area contributed by atoms with Gasteiger partial charge in [0, 0.05) is 7.05 Å². The summed E-state index contributed by atoms with van der Waals surface area (Å²) < 4.78 is 15.5. The SMILES string of the molecule is Cc1nn(-c2ccccc2)c(C)c1NC(=O)CSc1nnc(C2COc3ccccc3O2)n1C. The van der Waals surface area contributed by atoms with Gasteiger partial charge >= 0.3 is 0 Å². The molecule has 2 aromatic carbocycles. The molecule has 0 fully saturated rings. The van der Waals surface area contributed by atoms with E-state index in [4.69, 9.17) is 9.47 Å². The minimum atomic E-state index is -0.371. The summed E-state index contributed by atoms with van der Waals surface area (Å²) in [6.07, 6.45) is -0.371. The van der Waals surface area contributed by atoms with E-state index in [-0.39, 0.29) is 17.8 Å². The molecule has 0 radical (unpaired) electrons. The second kappa shape index (κ2) is 9.22. The van der Waals surface area contributed by atoms with E-state index in [0.29, 0.717) is 29.1 Å². The number of hydrogen-bond acceptors (Lipinski definition) is 7. The Morgan fingerprint density at radius 1 is 1.09 bits per heavy atom. The molecule has 1 N–H and O–H groups in total. The Hall–Kier alpha value is -3.79. The molecule has 0 spiro atoms. The average Bonchev–Trinajstić information content (AvgIpc) is 3.37. The first-order valence-corrected chi connectivity index (χ1v) is 11.8. The molecule has 1 aliphatic rings. The first-order chi connectivity index (χ1) is 16.5. The van der Waals surface area contributed by atoms with Crippen LogP contribution in [0.5, 0.6) is 11.5 Å². The highest BCUT2D eigenvalue weighted by Gasteiger charge is 2.27. The number of ether oxygens (including phenoxy) is 2. The minimum Gasteiger partial charge on any atom is -0.485 e. The first-order valence-electron chi connectivity index (χ1n) is 10.8. The van der Waals surface area contributed by atoms with Crippen molar-refractivity contribution in [3.05, 3.63) is 71.8 Å². The number of carbonyl (C=O) groups excluding carboxylic acids is 1. The smallest absolute Gasteiger partial charge is 0.234 e. The summed E-state index contributed by atoms with van der Waals surface area (Å²) >= 11 is 1.31. The Bertz CT molecular complexity index is 1330. The second-order valence-corrected chi connectivity index (χ2v) is 8.84. The van der Waals surface area contributed by atoms with E-state index in [1.807, 2.05) is 84.7 Å². The van der Waals surface area contributed by atoms with Crippen LogP contribution < -0.4 is 14.8 Å². The largest absolute Gasteiger partial charge is 0.485 e. The summed E-state index contributed by atoms with van der Waals surface area (Å²) in [7, 11) is 1.86. The molecule has 1 atom stereocenters. The number of anilines is 1. The molecule has 3 heterocycles. The monoisotopic (exact) mass is 476 g/mol. The van der Waals surface area contributed by atoms with Crippen LogP contribution in [0.2, 0.25) is 0 Å². The van der Waals surface area contributed by atoms with E-state index in [0.717, 1.165) is 22.8 Å². The molecule has 0 saturated carbocycles. The third-order valence-corrected chi connectivity index (χ3v) is 6.57. The summed E-state index contributed by atoms with van der Waals surface area (Å²) in [5.74, 6) is 2.09. The number of rotatable bonds is 6. The third kappa shape index (κ3) is 4.24. The molecule has 1 aliphatic heterocycles. The van der Waals surface area contributed by atoms with Gasteiger partial charge < -0.3 is 19.4 Å². The van der Waals surface area contributed by atoms with E-state index in [2.05, 4.69) is 20.6 Å². The van der Waals surface area contributed by atoms with Crippen LogP contribution in [-0.2, 0) is 11.8 Å². The molecule has 0 bridgehead atoms. The van der Waals surface area contributed by atoms with E-state index >= 15 is 0 Å². The van der Waals surface area contributed by atoms with Gasteiger partial charge in [-0.15, -0.1) is 10.2 Å². The highest BCUT2D eigenvalue weighted by atomic mass is 32.2. The minimum absolute atomic E-state index is 0.139. The number of hydrogen-bond donors (Lipinski definition) is 1. The van der Waals surface area contributed by atoms with Crippen LogP contribution in [0.1, 0.15) is 23.3 Å². The van der Waals surface area contributed by atoms with Gasteiger partial charge in [-0.25, -0.2) is 4.68 Å². The molecule has 1 amide bonds. The van der Waals surface area contributed by atoms with Gasteiger partial charge in [0.2, 0.25) is 5.91 Å². The average molecular weight is 477 g/mol. The first kappa shape index (κ1) is 22.0. The molecular weight excluding hydrogens is 452 g/mol.